The number of rotatable bonds is 10. The summed E-state index contributed by atoms with van der Waals surface area (Å²) in [6, 6.07) is 14.5. The molecule has 11 heteroatoms. The summed E-state index contributed by atoms with van der Waals surface area (Å²) in [4.78, 5) is 60.0. The van der Waals surface area contributed by atoms with Crippen molar-refractivity contribution in [3.63, 3.8) is 0 Å². The van der Waals surface area contributed by atoms with Crippen LogP contribution in [0.3, 0.4) is 0 Å². The van der Waals surface area contributed by atoms with Gasteiger partial charge in [-0.25, -0.2) is 0 Å². The Morgan fingerprint density at radius 2 is 1.45 bits per heavy atom. The van der Waals surface area contributed by atoms with E-state index >= 15 is 0 Å². The SMILES string of the molecule is CC(=O)N[C@@H]1[C@H](Oc2ccc(C(=O)/C=C/c3ccccc3)cc2)O[C@H](COC(C)=O)[C@H](OC(C)=O)[C@H]1OC(C)=O. The van der Waals surface area contributed by atoms with Gasteiger partial charge in [-0.1, -0.05) is 36.4 Å². The van der Waals surface area contributed by atoms with Gasteiger partial charge in [0.25, 0.3) is 0 Å². The number of benzene rings is 2. The average Bonchev–Trinajstić information content (AvgIpc) is 2.89. The summed E-state index contributed by atoms with van der Waals surface area (Å²) in [5.41, 5.74) is 1.29. The Kier molecular flexibility index (Phi) is 10.5. The van der Waals surface area contributed by atoms with Gasteiger partial charge < -0.3 is 29.0 Å². The van der Waals surface area contributed by atoms with Crippen LogP contribution in [0.15, 0.2) is 60.7 Å². The van der Waals surface area contributed by atoms with Crippen LogP contribution in [0.25, 0.3) is 6.08 Å². The van der Waals surface area contributed by atoms with E-state index in [-0.39, 0.29) is 18.1 Å². The number of nitrogens with one attached hydrogen (secondary N) is 1. The van der Waals surface area contributed by atoms with E-state index in [0.717, 1.165) is 19.4 Å². The monoisotopic (exact) mass is 553 g/mol. The first-order valence-corrected chi connectivity index (χ1v) is 12.5. The second kappa shape index (κ2) is 14.0. The number of esters is 3. The fourth-order valence-electron chi connectivity index (χ4n) is 4.06. The Bertz CT molecular complexity index is 1240. The molecule has 1 aliphatic heterocycles. The number of amides is 1. The Labute approximate surface area is 231 Å². The third-order valence-corrected chi connectivity index (χ3v) is 5.69. The van der Waals surface area contributed by atoms with Crippen LogP contribution in [-0.2, 0) is 38.1 Å². The van der Waals surface area contributed by atoms with Gasteiger partial charge in [0, 0.05) is 33.3 Å². The standard InChI is InChI=1S/C29H31NO10/c1-17(31)30-26-28(38-20(4)34)27(37-19(3)33)25(16-36-18(2)32)40-29(26)39-23-13-11-22(12-14-23)24(35)15-10-21-8-6-5-7-9-21/h5-15,25-29H,16H2,1-4H3,(H,30,31)/b15-10+/t25-,26+,27+,28+,29-/m1/s1. The zero-order valence-corrected chi connectivity index (χ0v) is 22.5. The molecule has 1 amide bonds. The molecular weight excluding hydrogens is 522 g/mol. The summed E-state index contributed by atoms with van der Waals surface area (Å²) < 4.78 is 27.9. The van der Waals surface area contributed by atoms with Crippen molar-refractivity contribution >= 4 is 35.7 Å². The number of allylic oxidation sites excluding steroid dienone is 1. The van der Waals surface area contributed by atoms with E-state index in [4.69, 9.17) is 23.7 Å². The number of ketones is 1. The van der Waals surface area contributed by atoms with Crippen molar-refractivity contribution in [3.05, 3.63) is 71.8 Å². The van der Waals surface area contributed by atoms with Crippen LogP contribution in [0.4, 0.5) is 0 Å². The van der Waals surface area contributed by atoms with Gasteiger partial charge in [0.2, 0.25) is 12.2 Å². The molecule has 11 nitrogen and oxygen atoms in total. The molecule has 5 atom stereocenters. The summed E-state index contributed by atoms with van der Waals surface area (Å²) >= 11 is 0. The Balaban J connectivity index is 1.86. The third kappa shape index (κ3) is 8.77. The molecule has 0 bridgehead atoms. The lowest BCUT2D eigenvalue weighted by Crippen LogP contribution is -2.67. The van der Waals surface area contributed by atoms with Gasteiger partial charge in [0.05, 0.1) is 0 Å². The van der Waals surface area contributed by atoms with Gasteiger partial charge in [-0.05, 0) is 35.9 Å². The second-order valence-corrected chi connectivity index (χ2v) is 8.97. The number of hydrogen-bond donors (Lipinski definition) is 1. The molecule has 1 heterocycles. The fraction of sp³-hybridized carbons (Fsp3) is 0.345. The molecular formula is C29H31NO10. The van der Waals surface area contributed by atoms with Gasteiger partial charge >= 0.3 is 17.9 Å². The van der Waals surface area contributed by atoms with Gasteiger partial charge in [-0.15, -0.1) is 0 Å². The topological polar surface area (TPSA) is 144 Å². The highest BCUT2D eigenvalue weighted by Gasteiger charge is 2.51. The minimum atomic E-state index is -1.26. The van der Waals surface area contributed by atoms with Gasteiger partial charge in [0.1, 0.15) is 24.5 Å². The molecule has 0 aliphatic carbocycles. The van der Waals surface area contributed by atoms with E-state index in [0.29, 0.717) is 5.56 Å². The van der Waals surface area contributed by atoms with Gasteiger partial charge in [-0.3, -0.25) is 24.0 Å². The highest BCUT2D eigenvalue weighted by Crippen LogP contribution is 2.29. The van der Waals surface area contributed by atoms with Crippen molar-refractivity contribution < 1.29 is 47.7 Å². The van der Waals surface area contributed by atoms with Gasteiger partial charge in [-0.2, -0.15) is 0 Å². The number of ether oxygens (including phenoxy) is 5. The zero-order chi connectivity index (χ0) is 29.2. The summed E-state index contributed by atoms with van der Waals surface area (Å²) in [6.07, 6.45) is -1.67. The molecule has 0 radical (unpaired) electrons. The molecule has 1 saturated heterocycles. The van der Waals surface area contributed by atoms with E-state index in [1.807, 2.05) is 30.3 Å². The Morgan fingerprint density at radius 1 is 0.825 bits per heavy atom. The summed E-state index contributed by atoms with van der Waals surface area (Å²) in [5.74, 6) is -2.48. The van der Waals surface area contributed by atoms with Crippen LogP contribution in [0.2, 0.25) is 0 Å². The van der Waals surface area contributed by atoms with Crippen LogP contribution in [-0.4, -0.2) is 66.8 Å². The van der Waals surface area contributed by atoms with Crippen LogP contribution >= 0.6 is 0 Å². The molecule has 2 aromatic carbocycles. The summed E-state index contributed by atoms with van der Waals surface area (Å²) in [5, 5.41) is 2.63. The highest BCUT2D eigenvalue weighted by molar-refractivity contribution is 6.06. The number of carbonyl (C=O) groups excluding carboxylic acids is 5. The largest absolute Gasteiger partial charge is 0.463 e. The van der Waals surface area contributed by atoms with E-state index < -0.39 is 54.5 Å². The predicted molar refractivity (Wildman–Crippen MR) is 141 cm³/mol. The zero-order valence-electron chi connectivity index (χ0n) is 22.5. The first-order chi connectivity index (χ1) is 19.0. The molecule has 1 N–H and O–H groups in total. The molecule has 2 aromatic rings. The van der Waals surface area contributed by atoms with E-state index in [2.05, 4.69) is 5.32 Å². The molecule has 0 unspecified atom stereocenters. The van der Waals surface area contributed by atoms with Crippen molar-refractivity contribution in [3.8, 4) is 5.75 Å². The average molecular weight is 554 g/mol. The van der Waals surface area contributed by atoms with Crippen LogP contribution < -0.4 is 10.1 Å². The maximum Gasteiger partial charge on any atom is 0.303 e. The number of hydrogen-bond acceptors (Lipinski definition) is 10. The Hall–Kier alpha value is -4.51. The molecule has 1 aliphatic rings. The fourth-order valence-corrected chi connectivity index (χ4v) is 4.06. The maximum atomic E-state index is 12.6. The van der Waals surface area contributed by atoms with Crippen LogP contribution in [0.5, 0.6) is 5.75 Å². The number of carbonyl (C=O) groups is 5. The molecule has 0 aromatic heterocycles. The van der Waals surface area contributed by atoms with Crippen molar-refractivity contribution in [1.82, 2.24) is 5.32 Å². The van der Waals surface area contributed by atoms with E-state index in [9.17, 15) is 24.0 Å². The lowest BCUT2D eigenvalue weighted by Gasteiger charge is -2.44. The maximum absolute atomic E-state index is 12.6. The van der Waals surface area contributed by atoms with Gasteiger partial charge in [0.15, 0.2) is 18.0 Å². The molecule has 0 saturated carbocycles. The van der Waals surface area contributed by atoms with Crippen molar-refractivity contribution in [2.24, 2.45) is 0 Å². The molecule has 0 spiro atoms. The molecule has 212 valence electrons. The Morgan fingerprint density at radius 3 is 2.02 bits per heavy atom. The first kappa shape index (κ1) is 30.0. The van der Waals surface area contributed by atoms with Crippen LogP contribution in [0, 0.1) is 0 Å². The van der Waals surface area contributed by atoms with Crippen LogP contribution in [0.1, 0.15) is 43.6 Å². The van der Waals surface area contributed by atoms with Crippen molar-refractivity contribution in [2.45, 2.75) is 58.3 Å². The van der Waals surface area contributed by atoms with E-state index in [1.54, 1.807) is 18.2 Å². The van der Waals surface area contributed by atoms with Crippen molar-refractivity contribution in [1.29, 1.82) is 0 Å². The molecule has 3 rings (SSSR count). The molecule has 1 fully saturated rings. The van der Waals surface area contributed by atoms with E-state index in [1.165, 1.54) is 32.1 Å². The predicted octanol–water partition coefficient (Wildman–Crippen LogP) is 2.62. The quantitative estimate of drug-likeness (QED) is 0.202. The molecule has 40 heavy (non-hydrogen) atoms. The third-order valence-electron chi connectivity index (χ3n) is 5.69. The summed E-state index contributed by atoms with van der Waals surface area (Å²) in [7, 11) is 0. The highest BCUT2D eigenvalue weighted by atomic mass is 16.7. The summed E-state index contributed by atoms with van der Waals surface area (Å²) in [6.45, 7) is 4.40. The first-order valence-electron chi connectivity index (χ1n) is 12.5. The second-order valence-electron chi connectivity index (χ2n) is 8.97. The lowest BCUT2D eigenvalue weighted by atomic mass is 9.96. The minimum absolute atomic E-state index is 0.221. The minimum Gasteiger partial charge on any atom is -0.463 e. The normalized spacial score (nSPS) is 22.1. The smallest absolute Gasteiger partial charge is 0.303 e. The lowest BCUT2D eigenvalue weighted by molar-refractivity contribution is -0.257. The van der Waals surface area contributed by atoms with Crippen molar-refractivity contribution in [2.75, 3.05) is 6.61 Å².